The van der Waals surface area contributed by atoms with Crippen molar-refractivity contribution < 1.29 is 14.3 Å². The topological polar surface area (TPSA) is 92.7 Å². The largest absolute Gasteiger partial charge is 0.379 e. The first-order valence-electron chi connectivity index (χ1n) is 11.9. The monoisotopic (exact) mass is 446 g/mol. The van der Waals surface area contributed by atoms with E-state index >= 15 is 0 Å². The van der Waals surface area contributed by atoms with Crippen LogP contribution in [-0.2, 0) is 16.1 Å². The molecule has 3 atom stereocenters. The predicted octanol–water partition coefficient (Wildman–Crippen LogP) is 2.32. The van der Waals surface area contributed by atoms with Gasteiger partial charge in [0.25, 0.3) is 5.56 Å². The molecule has 0 aliphatic carbocycles. The van der Waals surface area contributed by atoms with E-state index in [1.54, 1.807) is 12.1 Å². The molecular weight excluding hydrogens is 408 g/mol. The number of fused-ring (bicyclic) bond motifs is 4. The van der Waals surface area contributed by atoms with Gasteiger partial charge < -0.3 is 24.8 Å². The van der Waals surface area contributed by atoms with E-state index in [2.05, 4.69) is 10.6 Å². The maximum atomic E-state index is 13.1. The summed E-state index contributed by atoms with van der Waals surface area (Å²) in [4.78, 5) is 39.9. The Morgan fingerprint density at radius 2 is 1.94 bits per heavy atom. The summed E-state index contributed by atoms with van der Waals surface area (Å²) in [6.07, 6.45) is 2.48. The van der Waals surface area contributed by atoms with Gasteiger partial charge >= 0.3 is 6.03 Å². The van der Waals surface area contributed by atoms with Crippen LogP contribution in [0.15, 0.2) is 23.0 Å². The van der Waals surface area contributed by atoms with Gasteiger partial charge in [0.05, 0.1) is 6.10 Å². The molecule has 32 heavy (non-hydrogen) atoms. The molecule has 3 rings (SSSR count). The molecule has 0 spiro atoms. The number of pyridine rings is 1. The highest BCUT2D eigenvalue weighted by Gasteiger charge is 2.37. The van der Waals surface area contributed by atoms with E-state index in [1.165, 1.54) is 0 Å². The van der Waals surface area contributed by atoms with Crippen molar-refractivity contribution in [2.75, 3.05) is 26.2 Å². The van der Waals surface area contributed by atoms with Gasteiger partial charge in [-0.25, -0.2) is 4.79 Å². The van der Waals surface area contributed by atoms with E-state index in [0.29, 0.717) is 39.2 Å². The third kappa shape index (κ3) is 6.34. The number of ether oxygens (including phenoxy) is 1. The lowest BCUT2D eigenvalue weighted by molar-refractivity contribution is -0.123. The number of nitrogens with zero attached hydrogens (tertiary/aromatic N) is 2. The minimum atomic E-state index is -0.565. The minimum Gasteiger partial charge on any atom is -0.379 e. The lowest BCUT2D eigenvalue weighted by Crippen LogP contribution is -2.56. The molecule has 1 fully saturated rings. The number of carbonyl (C=O) groups is 2. The van der Waals surface area contributed by atoms with Crippen molar-refractivity contribution >= 4 is 11.9 Å². The van der Waals surface area contributed by atoms with Crippen molar-refractivity contribution in [1.29, 1.82) is 0 Å². The Bertz CT molecular complexity index is 851. The molecule has 1 aromatic rings. The van der Waals surface area contributed by atoms with Crippen LogP contribution in [-0.4, -0.2) is 59.8 Å². The molecule has 3 amide bonds. The molecule has 2 N–H and O–H groups in total. The highest BCUT2D eigenvalue weighted by Crippen LogP contribution is 2.34. The van der Waals surface area contributed by atoms with Crippen LogP contribution in [0.5, 0.6) is 0 Å². The van der Waals surface area contributed by atoms with Crippen LogP contribution in [0.2, 0.25) is 0 Å². The highest BCUT2D eigenvalue weighted by atomic mass is 16.5. The van der Waals surface area contributed by atoms with E-state index in [4.69, 9.17) is 4.74 Å². The summed E-state index contributed by atoms with van der Waals surface area (Å²) in [5.74, 6) is 0.534. The van der Waals surface area contributed by atoms with Crippen LogP contribution in [0.25, 0.3) is 0 Å². The SMILES string of the molecule is CC(C)CC(NC(=O)N1CC2CC(C1)c1cccc(=O)n1C2)C(=O)NCCCOC(C)C. The quantitative estimate of drug-likeness (QED) is 0.570. The molecule has 3 unspecified atom stereocenters. The molecular formula is C24H38N4O4. The maximum absolute atomic E-state index is 13.1. The summed E-state index contributed by atoms with van der Waals surface area (Å²) < 4.78 is 7.37. The summed E-state index contributed by atoms with van der Waals surface area (Å²) in [6, 6.07) is 4.62. The first-order valence-corrected chi connectivity index (χ1v) is 11.9. The number of urea groups is 1. The maximum Gasteiger partial charge on any atom is 0.318 e. The smallest absolute Gasteiger partial charge is 0.318 e. The van der Waals surface area contributed by atoms with E-state index in [9.17, 15) is 14.4 Å². The number of hydrogen-bond donors (Lipinski definition) is 2. The number of carbonyl (C=O) groups excluding carboxylic acids is 2. The fourth-order valence-electron chi connectivity index (χ4n) is 4.73. The molecule has 8 nitrogen and oxygen atoms in total. The lowest BCUT2D eigenvalue weighted by Gasteiger charge is -2.43. The lowest BCUT2D eigenvalue weighted by atomic mass is 9.83. The molecule has 0 aromatic carbocycles. The van der Waals surface area contributed by atoms with E-state index in [-0.39, 0.29) is 41.4 Å². The highest BCUT2D eigenvalue weighted by molar-refractivity contribution is 5.87. The van der Waals surface area contributed by atoms with Gasteiger partial charge in [-0.2, -0.15) is 0 Å². The number of aromatic nitrogens is 1. The van der Waals surface area contributed by atoms with Crippen LogP contribution in [0, 0.1) is 11.8 Å². The number of rotatable bonds is 9. The van der Waals surface area contributed by atoms with Crippen LogP contribution in [0.4, 0.5) is 4.79 Å². The molecule has 0 radical (unpaired) electrons. The van der Waals surface area contributed by atoms with Gasteiger partial charge in [0.15, 0.2) is 0 Å². The van der Waals surface area contributed by atoms with Crippen molar-refractivity contribution in [3.8, 4) is 0 Å². The van der Waals surface area contributed by atoms with Crippen molar-refractivity contribution in [2.24, 2.45) is 11.8 Å². The first kappa shape index (κ1) is 24.3. The number of amides is 3. The Hall–Kier alpha value is -2.35. The van der Waals surface area contributed by atoms with E-state index in [1.807, 2.05) is 43.2 Å². The summed E-state index contributed by atoms with van der Waals surface area (Å²) >= 11 is 0. The standard InChI is InChI=1S/C24H38N4O4/c1-16(2)11-20(23(30)25-9-6-10-32-17(3)4)26-24(31)27-13-18-12-19(15-27)21-7-5-8-22(29)28(21)14-18/h5,7-8,16-20H,6,9-15H2,1-4H3,(H,25,30)(H,26,31). The molecule has 1 aromatic heterocycles. The summed E-state index contributed by atoms with van der Waals surface area (Å²) in [5, 5.41) is 5.92. The first-order chi connectivity index (χ1) is 15.2. The number of likely N-dealkylation sites (tertiary alicyclic amines) is 1. The fraction of sp³-hybridized carbons (Fsp3) is 0.708. The zero-order valence-electron chi connectivity index (χ0n) is 19.8. The van der Waals surface area contributed by atoms with Crippen molar-refractivity contribution in [3.63, 3.8) is 0 Å². The summed E-state index contributed by atoms with van der Waals surface area (Å²) in [5.41, 5.74) is 1.04. The third-order valence-corrected chi connectivity index (χ3v) is 6.16. The van der Waals surface area contributed by atoms with Crippen LogP contribution in [0.3, 0.4) is 0 Å². The summed E-state index contributed by atoms with van der Waals surface area (Å²) in [6.45, 7) is 11.0. The average molecular weight is 447 g/mol. The van der Waals surface area contributed by atoms with Gasteiger partial charge in [-0.1, -0.05) is 19.9 Å². The van der Waals surface area contributed by atoms with Gasteiger partial charge in [0.2, 0.25) is 5.91 Å². The van der Waals surface area contributed by atoms with E-state index in [0.717, 1.165) is 18.5 Å². The molecule has 1 saturated heterocycles. The zero-order valence-corrected chi connectivity index (χ0v) is 19.8. The van der Waals surface area contributed by atoms with Crippen molar-refractivity contribution in [2.45, 2.75) is 71.6 Å². The minimum absolute atomic E-state index is 0.0302. The fourth-order valence-corrected chi connectivity index (χ4v) is 4.73. The Balaban J connectivity index is 1.58. The average Bonchev–Trinajstić information content (AvgIpc) is 2.73. The molecule has 178 valence electrons. The Morgan fingerprint density at radius 3 is 2.66 bits per heavy atom. The second kappa shape index (κ2) is 11.0. The molecule has 2 bridgehead atoms. The molecule has 8 heteroatoms. The Morgan fingerprint density at radius 1 is 1.16 bits per heavy atom. The Kier molecular flexibility index (Phi) is 8.34. The van der Waals surface area contributed by atoms with Crippen LogP contribution >= 0.6 is 0 Å². The second-order valence-electron chi connectivity index (χ2n) is 9.80. The van der Waals surface area contributed by atoms with Crippen LogP contribution < -0.4 is 16.2 Å². The molecule has 0 saturated carbocycles. The predicted molar refractivity (Wildman–Crippen MR) is 124 cm³/mol. The van der Waals surface area contributed by atoms with Gasteiger partial charge in [0, 0.05) is 50.5 Å². The van der Waals surface area contributed by atoms with Gasteiger partial charge in [-0.15, -0.1) is 0 Å². The number of piperidine rings is 1. The molecule has 3 heterocycles. The summed E-state index contributed by atoms with van der Waals surface area (Å²) in [7, 11) is 0. The van der Waals surface area contributed by atoms with E-state index < -0.39 is 6.04 Å². The number of hydrogen-bond acceptors (Lipinski definition) is 4. The second-order valence-corrected chi connectivity index (χ2v) is 9.80. The van der Waals surface area contributed by atoms with Crippen molar-refractivity contribution in [3.05, 3.63) is 34.2 Å². The van der Waals surface area contributed by atoms with Crippen LogP contribution in [0.1, 0.15) is 58.6 Å². The Labute approximate surface area is 190 Å². The normalized spacial score (nSPS) is 20.8. The van der Waals surface area contributed by atoms with Gasteiger partial charge in [-0.3, -0.25) is 9.59 Å². The number of nitrogens with one attached hydrogen (secondary N) is 2. The zero-order chi connectivity index (χ0) is 23.3. The van der Waals surface area contributed by atoms with Gasteiger partial charge in [-0.05, 0) is 51.0 Å². The molecule has 2 aliphatic rings. The molecule has 2 aliphatic heterocycles. The van der Waals surface area contributed by atoms with Gasteiger partial charge in [0.1, 0.15) is 6.04 Å². The third-order valence-electron chi connectivity index (χ3n) is 6.16. The van der Waals surface area contributed by atoms with Crippen molar-refractivity contribution in [1.82, 2.24) is 20.1 Å².